The van der Waals surface area contributed by atoms with Gasteiger partial charge in [0.2, 0.25) is 5.91 Å². The molecule has 0 saturated carbocycles. The fraction of sp³-hybridized carbons (Fsp3) is 0.278. The first-order chi connectivity index (χ1) is 12.2. The van der Waals surface area contributed by atoms with Crippen molar-refractivity contribution in [3.8, 4) is 0 Å². The van der Waals surface area contributed by atoms with Gasteiger partial charge in [0.1, 0.15) is 0 Å². The molecule has 6 nitrogen and oxygen atoms in total. The summed E-state index contributed by atoms with van der Waals surface area (Å²) < 4.78 is 0. The molecular formula is C18H20N4O2S. The van der Waals surface area contributed by atoms with Crippen LogP contribution in [-0.2, 0) is 4.79 Å². The second-order valence-corrected chi connectivity index (χ2v) is 6.81. The van der Waals surface area contributed by atoms with Crippen molar-refractivity contribution < 1.29 is 4.79 Å². The maximum absolute atomic E-state index is 12.0. The first-order valence-electron chi connectivity index (χ1n) is 8.15. The molecule has 0 fully saturated rings. The molecule has 1 aliphatic rings. The van der Waals surface area contributed by atoms with Gasteiger partial charge >= 0.3 is 0 Å². The number of H-pyrrole nitrogens is 1. The third-order valence-electron chi connectivity index (χ3n) is 3.87. The normalized spacial score (nSPS) is 14.1. The lowest BCUT2D eigenvalue weighted by atomic mass is 9.98. The molecule has 0 bridgehead atoms. The monoisotopic (exact) mass is 356 g/mol. The second kappa shape index (κ2) is 8.13. The highest BCUT2D eigenvalue weighted by Crippen LogP contribution is 2.26. The molecule has 0 radical (unpaired) electrons. The molecular weight excluding hydrogens is 336 g/mol. The van der Waals surface area contributed by atoms with Gasteiger partial charge in [0.15, 0.2) is 0 Å². The van der Waals surface area contributed by atoms with Gasteiger partial charge in [-0.1, -0.05) is 24.3 Å². The molecule has 1 heterocycles. The lowest BCUT2D eigenvalue weighted by Gasteiger charge is -2.15. The Labute approximate surface area is 149 Å². The van der Waals surface area contributed by atoms with E-state index in [0.717, 1.165) is 40.9 Å². The van der Waals surface area contributed by atoms with Crippen LogP contribution in [0.1, 0.15) is 18.5 Å². The number of nitrogens with two attached hydrogens (primary N) is 1. The number of aromatic nitrogens is 2. The van der Waals surface area contributed by atoms with Crippen molar-refractivity contribution in [3.63, 3.8) is 0 Å². The van der Waals surface area contributed by atoms with Gasteiger partial charge < -0.3 is 11.1 Å². The van der Waals surface area contributed by atoms with Crippen molar-refractivity contribution in [2.45, 2.75) is 12.8 Å². The Morgan fingerprint density at radius 2 is 2.12 bits per heavy atom. The van der Waals surface area contributed by atoms with E-state index in [1.807, 2.05) is 24.3 Å². The third kappa shape index (κ3) is 4.18. The summed E-state index contributed by atoms with van der Waals surface area (Å²) in [5, 5.41) is 11.1. The molecule has 1 aromatic heterocycles. The quantitative estimate of drug-likeness (QED) is 0.685. The SMILES string of the molecule is NCCSCC(=O)NC1=CC(c2n[nH]c(=O)c3ccccc23)=CCC1. The minimum absolute atomic E-state index is 0.0229. The van der Waals surface area contributed by atoms with Gasteiger partial charge in [-0.05, 0) is 25.0 Å². The minimum Gasteiger partial charge on any atom is -0.330 e. The Kier molecular flexibility index (Phi) is 5.67. The molecule has 2 aromatic rings. The molecule has 4 N–H and O–H groups in total. The third-order valence-corrected chi connectivity index (χ3v) is 4.86. The van der Waals surface area contributed by atoms with Crippen LogP contribution in [0.15, 0.2) is 46.9 Å². The van der Waals surface area contributed by atoms with Gasteiger partial charge in [-0.15, -0.1) is 0 Å². The van der Waals surface area contributed by atoms with E-state index in [4.69, 9.17) is 5.73 Å². The van der Waals surface area contributed by atoms with Gasteiger partial charge in [-0.3, -0.25) is 9.59 Å². The number of nitrogens with one attached hydrogen (secondary N) is 2. The number of hydrogen-bond acceptors (Lipinski definition) is 5. The first kappa shape index (κ1) is 17.4. The number of carbonyl (C=O) groups is 1. The van der Waals surface area contributed by atoms with Crippen LogP contribution in [-0.4, -0.2) is 34.2 Å². The van der Waals surface area contributed by atoms with E-state index in [-0.39, 0.29) is 11.5 Å². The Balaban J connectivity index is 1.83. The van der Waals surface area contributed by atoms with Crippen LogP contribution in [0.5, 0.6) is 0 Å². The predicted molar refractivity (Wildman–Crippen MR) is 102 cm³/mol. The van der Waals surface area contributed by atoms with Crippen molar-refractivity contribution in [2.75, 3.05) is 18.1 Å². The Morgan fingerprint density at radius 1 is 1.32 bits per heavy atom. The smallest absolute Gasteiger partial charge is 0.272 e. The summed E-state index contributed by atoms with van der Waals surface area (Å²) >= 11 is 1.52. The zero-order valence-electron chi connectivity index (χ0n) is 13.7. The fourth-order valence-corrected chi connectivity index (χ4v) is 3.33. The van der Waals surface area contributed by atoms with Crippen LogP contribution < -0.4 is 16.6 Å². The highest BCUT2D eigenvalue weighted by molar-refractivity contribution is 7.99. The minimum atomic E-state index is -0.204. The molecule has 0 atom stereocenters. The molecule has 3 rings (SSSR count). The van der Waals surface area contributed by atoms with Crippen LogP contribution in [0.4, 0.5) is 0 Å². The Bertz CT molecular complexity index is 901. The average Bonchev–Trinajstić information content (AvgIpc) is 2.63. The molecule has 1 aromatic carbocycles. The number of rotatable bonds is 6. The van der Waals surface area contributed by atoms with Crippen LogP contribution in [0, 0.1) is 0 Å². The molecule has 1 aliphatic carbocycles. The van der Waals surface area contributed by atoms with Gasteiger partial charge in [0, 0.05) is 29.0 Å². The van der Waals surface area contributed by atoms with Crippen molar-refractivity contribution >= 4 is 34.0 Å². The largest absolute Gasteiger partial charge is 0.330 e. The average molecular weight is 356 g/mol. The number of hydrogen-bond donors (Lipinski definition) is 3. The van der Waals surface area contributed by atoms with Crippen molar-refractivity contribution in [2.24, 2.45) is 5.73 Å². The number of thioether (sulfide) groups is 1. The number of amides is 1. The topological polar surface area (TPSA) is 101 Å². The van der Waals surface area contributed by atoms with E-state index in [2.05, 4.69) is 21.6 Å². The number of allylic oxidation sites excluding steroid dienone is 4. The standard InChI is InChI=1S/C18H20N4O2S/c19-8-9-25-11-16(23)20-13-5-3-4-12(10-13)17-14-6-1-2-7-15(14)18(24)22-21-17/h1-2,4,6-7,10H,3,5,8-9,11,19H2,(H,20,23)(H,22,24). The van der Waals surface area contributed by atoms with E-state index >= 15 is 0 Å². The highest BCUT2D eigenvalue weighted by Gasteiger charge is 2.14. The maximum Gasteiger partial charge on any atom is 0.272 e. The Hall–Kier alpha value is -2.38. The van der Waals surface area contributed by atoms with Gasteiger partial charge in [-0.25, -0.2) is 5.10 Å². The van der Waals surface area contributed by atoms with Crippen molar-refractivity contribution in [3.05, 3.63) is 58.2 Å². The summed E-state index contributed by atoms with van der Waals surface area (Å²) in [5.41, 5.74) is 7.73. The van der Waals surface area contributed by atoms with Crippen LogP contribution in [0.25, 0.3) is 16.3 Å². The summed E-state index contributed by atoms with van der Waals surface area (Å²) in [7, 11) is 0. The molecule has 0 unspecified atom stereocenters. The predicted octanol–water partition coefficient (Wildman–Crippen LogP) is 1.79. The van der Waals surface area contributed by atoms with E-state index in [9.17, 15) is 9.59 Å². The molecule has 0 spiro atoms. The molecule has 0 aliphatic heterocycles. The van der Waals surface area contributed by atoms with Crippen LogP contribution in [0.3, 0.4) is 0 Å². The first-order valence-corrected chi connectivity index (χ1v) is 9.30. The molecule has 7 heteroatoms. The maximum atomic E-state index is 12.0. The summed E-state index contributed by atoms with van der Waals surface area (Å²) in [4.78, 5) is 23.9. The summed E-state index contributed by atoms with van der Waals surface area (Å²) in [5.74, 6) is 1.14. The molecule has 0 saturated heterocycles. The zero-order valence-corrected chi connectivity index (χ0v) is 14.6. The van der Waals surface area contributed by atoms with Crippen molar-refractivity contribution in [1.29, 1.82) is 0 Å². The van der Waals surface area contributed by atoms with E-state index in [1.165, 1.54) is 11.8 Å². The number of fused-ring (bicyclic) bond motifs is 1. The number of benzene rings is 1. The van der Waals surface area contributed by atoms with E-state index < -0.39 is 0 Å². The van der Waals surface area contributed by atoms with Gasteiger partial charge in [-0.2, -0.15) is 16.9 Å². The Morgan fingerprint density at radius 3 is 2.92 bits per heavy atom. The number of nitrogens with zero attached hydrogens (tertiary/aromatic N) is 1. The summed E-state index contributed by atoms with van der Waals surface area (Å²) in [6.45, 7) is 0.568. The molecule has 1 amide bonds. The van der Waals surface area contributed by atoms with E-state index in [0.29, 0.717) is 17.7 Å². The van der Waals surface area contributed by atoms with Crippen LogP contribution >= 0.6 is 11.8 Å². The fourth-order valence-electron chi connectivity index (χ4n) is 2.76. The lowest BCUT2D eigenvalue weighted by molar-refractivity contribution is -0.117. The molecule has 130 valence electrons. The lowest BCUT2D eigenvalue weighted by Crippen LogP contribution is -2.26. The number of carbonyl (C=O) groups excluding carboxylic acids is 1. The summed E-state index contributed by atoms with van der Waals surface area (Å²) in [6.07, 6.45) is 5.60. The number of aromatic amines is 1. The second-order valence-electron chi connectivity index (χ2n) is 5.70. The van der Waals surface area contributed by atoms with E-state index in [1.54, 1.807) is 6.07 Å². The van der Waals surface area contributed by atoms with Crippen molar-refractivity contribution in [1.82, 2.24) is 15.5 Å². The highest BCUT2D eigenvalue weighted by atomic mass is 32.2. The molecule has 25 heavy (non-hydrogen) atoms. The zero-order chi connectivity index (χ0) is 17.6. The van der Waals surface area contributed by atoms with Crippen LogP contribution in [0.2, 0.25) is 0 Å². The summed E-state index contributed by atoms with van der Waals surface area (Å²) in [6, 6.07) is 7.39. The van der Waals surface area contributed by atoms with Gasteiger partial charge in [0.05, 0.1) is 16.8 Å². The van der Waals surface area contributed by atoms with Gasteiger partial charge in [0.25, 0.3) is 5.56 Å².